The van der Waals surface area contributed by atoms with Gasteiger partial charge in [-0.25, -0.2) is 8.42 Å². The highest BCUT2D eigenvalue weighted by molar-refractivity contribution is 7.99. The Morgan fingerprint density at radius 3 is 2.76 bits per heavy atom. The van der Waals surface area contributed by atoms with Gasteiger partial charge in [0.25, 0.3) is 0 Å². The zero-order chi connectivity index (χ0) is 17.9. The molecule has 8 heteroatoms. The summed E-state index contributed by atoms with van der Waals surface area (Å²) in [6.07, 6.45) is 1.72. The Kier molecular flexibility index (Phi) is 5.61. The highest BCUT2D eigenvalue weighted by Gasteiger charge is 2.33. The first-order valence-corrected chi connectivity index (χ1v) is 10.9. The van der Waals surface area contributed by atoms with Crippen molar-refractivity contribution in [1.82, 2.24) is 14.8 Å². The van der Waals surface area contributed by atoms with Gasteiger partial charge in [0.05, 0.1) is 17.6 Å². The number of allylic oxidation sites excluding steroid dienone is 1. The molecule has 0 bridgehead atoms. The predicted molar refractivity (Wildman–Crippen MR) is 98.4 cm³/mol. The molecule has 0 saturated carbocycles. The van der Waals surface area contributed by atoms with Crippen molar-refractivity contribution in [3.8, 4) is 0 Å². The summed E-state index contributed by atoms with van der Waals surface area (Å²) in [5.41, 5.74) is 0.854. The molecular formula is C17H21N3O3S2. The van der Waals surface area contributed by atoms with Gasteiger partial charge < -0.3 is 9.67 Å². The highest BCUT2D eigenvalue weighted by atomic mass is 32.2. The van der Waals surface area contributed by atoms with Crippen LogP contribution in [-0.2, 0) is 16.4 Å². The molecule has 0 radical (unpaired) electrons. The molecule has 6 nitrogen and oxygen atoms in total. The van der Waals surface area contributed by atoms with Crippen LogP contribution in [0.1, 0.15) is 29.8 Å². The summed E-state index contributed by atoms with van der Waals surface area (Å²) < 4.78 is 25.4. The largest absolute Gasteiger partial charge is 0.388 e. The van der Waals surface area contributed by atoms with Crippen LogP contribution in [0, 0.1) is 0 Å². The van der Waals surface area contributed by atoms with Crippen LogP contribution in [0.3, 0.4) is 0 Å². The van der Waals surface area contributed by atoms with Crippen LogP contribution in [0.2, 0.25) is 0 Å². The SMILES string of the molecule is C=CCn1c(SC[C@H](O)c2ccccc2)nnc1[C@H]1CCS(=O)(=O)C1. The second-order valence-corrected chi connectivity index (χ2v) is 9.29. The molecule has 1 N–H and O–H groups in total. The summed E-state index contributed by atoms with van der Waals surface area (Å²) in [7, 11) is -2.98. The molecule has 1 aromatic carbocycles. The van der Waals surface area contributed by atoms with Gasteiger partial charge in [0, 0.05) is 18.2 Å². The number of aromatic nitrogens is 3. The smallest absolute Gasteiger partial charge is 0.191 e. The average molecular weight is 380 g/mol. The number of aliphatic hydroxyl groups is 1. The van der Waals surface area contributed by atoms with Crippen LogP contribution < -0.4 is 0 Å². The summed E-state index contributed by atoms with van der Waals surface area (Å²) in [6, 6.07) is 9.46. The summed E-state index contributed by atoms with van der Waals surface area (Å²) >= 11 is 1.41. The van der Waals surface area contributed by atoms with Gasteiger partial charge >= 0.3 is 0 Å². The van der Waals surface area contributed by atoms with Crippen molar-refractivity contribution in [1.29, 1.82) is 0 Å². The van der Waals surface area contributed by atoms with Crippen molar-refractivity contribution in [3.63, 3.8) is 0 Å². The Morgan fingerprint density at radius 2 is 2.12 bits per heavy atom. The first kappa shape index (κ1) is 18.2. The van der Waals surface area contributed by atoms with Gasteiger partial charge in [0.15, 0.2) is 15.0 Å². The average Bonchev–Trinajstić information content (AvgIpc) is 3.16. The van der Waals surface area contributed by atoms with E-state index in [9.17, 15) is 13.5 Å². The minimum Gasteiger partial charge on any atom is -0.388 e. The molecule has 0 amide bonds. The molecule has 25 heavy (non-hydrogen) atoms. The van der Waals surface area contributed by atoms with E-state index in [-0.39, 0.29) is 17.4 Å². The van der Waals surface area contributed by atoms with E-state index >= 15 is 0 Å². The van der Waals surface area contributed by atoms with Gasteiger partial charge in [0.2, 0.25) is 0 Å². The first-order valence-electron chi connectivity index (χ1n) is 8.10. The van der Waals surface area contributed by atoms with Crippen molar-refractivity contribution < 1.29 is 13.5 Å². The first-order chi connectivity index (χ1) is 12.0. The molecule has 1 aromatic heterocycles. The van der Waals surface area contributed by atoms with Crippen molar-refractivity contribution >= 4 is 21.6 Å². The quantitative estimate of drug-likeness (QED) is 0.586. The van der Waals surface area contributed by atoms with Crippen molar-refractivity contribution in [2.75, 3.05) is 17.3 Å². The van der Waals surface area contributed by atoms with Gasteiger partial charge in [-0.15, -0.1) is 16.8 Å². The standard InChI is InChI=1S/C17H21N3O3S2/c1-2-9-20-16(14-8-10-25(22,23)12-14)18-19-17(20)24-11-15(21)13-6-4-3-5-7-13/h2-7,14-15,21H,1,8-12H2/t14-,15-/m0/s1. The molecule has 134 valence electrons. The van der Waals surface area contributed by atoms with Crippen molar-refractivity contribution in [2.24, 2.45) is 0 Å². The van der Waals surface area contributed by atoms with E-state index in [1.807, 2.05) is 34.9 Å². The van der Waals surface area contributed by atoms with Crippen LogP contribution in [0.25, 0.3) is 0 Å². The maximum Gasteiger partial charge on any atom is 0.191 e. The van der Waals surface area contributed by atoms with E-state index in [4.69, 9.17) is 0 Å². The number of sulfone groups is 1. The van der Waals surface area contributed by atoms with Crippen molar-refractivity contribution in [2.45, 2.75) is 30.1 Å². The number of hydrogen-bond donors (Lipinski definition) is 1. The maximum atomic E-state index is 11.7. The Hall–Kier alpha value is -1.64. The number of rotatable bonds is 7. The Labute approximate surface area is 151 Å². The summed E-state index contributed by atoms with van der Waals surface area (Å²) in [6.45, 7) is 4.28. The number of benzene rings is 1. The number of aliphatic hydroxyl groups excluding tert-OH is 1. The van der Waals surface area contributed by atoms with Gasteiger partial charge in [0.1, 0.15) is 5.82 Å². The normalized spacial score (nSPS) is 20.4. The molecule has 1 aliphatic heterocycles. The van der Waals surface area contributed by atoms with E-state index in [0.29, 0.717) is 29.7 Å². The predicted octanol–water partition coefficient (Wildman–Crippen LogP) is 2.19. The van der Waals surface area contributed by atoms with Gasteiger partial charge in [-0.1, -0.05) is 48.2 Å². The maximum absolute atomic E-state index is 11.7. The van der Waals surface area contributed by atoms with Crippen molar-refractivity contribution in [3.05, 3.63) is 54.4 Å². The van der Waals surface area contributed by atoms with Gasteiger partial charge in [-0.3, -0.25) is 0 Å². The molecule has 0 unspecified atom stereocenters. The van der Waals surface area contributed by atoms with Crippen LogP contribution in [0.15, 0.2) is 48.1 Å². The topological polar surface area (TPSA) is 85.1 Å². The molecule has 1 aliphatic rings. The van der Waals surface area contributed by atoms with E-state index in [1.165, 1.54) is 11.8 Å². The molecule has 2 aromatic rings. The van der Waals surface area contributed by atoms with Crippen LogP contribution >= 0.6 is 11.8 Å². The molecule has 3 rings (SSSR count). The van der Waals surface area contributed by atoms with E-state index < -0.39 is 15.9 Å². The molecule has 2 heterocycles. The molecular weight excluding hydrogens is 358 g/mol. The lowest BCUT2D eigenvalue weighted by molar-refractivity contribution is 0.204. The number of nitrogens with zero attached hydrogens (tertiary/aromatic N) is 3. The summed E-state index contributed by atoms with van der Waals surface area (Å²) in [5.74, 6) is 1.35. The van der Waals surface area contributed by atoms with E-state index in [2.05, 4.69) is 16.8 Å². The Bertz CT molecular complexity index is 834. The van der Waals surface area contributed by atoms with Crippen LogP contribution in [0.4, 0.5) is 0 Å². The van der Waals surface area contributed by atoms with E-state index in [1.54, 1.807) is 6.08 Å². The highest BCUT2D eigenvalue weighted by Crippen LogP contribution is 2.31. The Balaban J connectivity index is 1.74. The fourth-order valence-electron chi connectivity index (χ4n) is 2.93. The summed E-state index contributed by atoms with van der Waals surface area (Å²) in [4.78, 5) is 0. The number of hydrogen-bond acceptors (Lipinski definition) is 6. The van der Waals surface area contributed by atoms with Crippen LogP contribution in [0.5, 0.6) is 0 Å². The van der Waals surface area contributed by atoms with Gasteiger partial charge in [-0.05, 0) is 12.0 Å². The lowest BCUT2D eigenvalue weighted by Crippen LogP contribution is -2.11. The minimum atomic E-state index is -2.98. The lowest BCUT2D eigenvalue weighted by atomic mass is 10.1. The number of thioether (sulfide) groups is 1. The van der Waals surface area contributed by atoms with Gasteiger partial charge in [-0.2, -0.15) is 0 Å². The van der Waals surface area contributed by atoms with Crippen LogP contribution in [-0.4, -0.2) is 45.5 Å². The fourth-order valence-corrected chi connectivity index (χ4v) is 5.59. The van der Waals surface area contributed by atoms with E-state index in [0.717, 1.165) is 5.56 Å². The lowest BCUT2D eigenvalue weighted by Gasteiger charge is -2.13. The third-order valence-corrected chi connectivity index (χ3v) is 7.02. The zero-order valence-electron chi connectivity index (χ0n) is 13.8. The third kappa shape index (κ3) is 4.31. The zero-order valence-corrected chi connectivity index (χ0v) is 15.4. The minimum absolute atomic E-state index is 0.120. The monoisotopic (exact) mass is 379 g/mol. The second-order valence-electron chi connectivity index (χ2n) is 6.08. The molecule has 2 atom stereocenters. The third-order valence-electron chi connectivity index (χ3n) is 4.21. The second kappa shape index (κ2) is 7.72. The molecule has 1 fully saturated rings. The Morgan fingerprint density at radius 1 is 1.36 bits per heavy atom. The molecule has 0 spiro atoms. The molecule has 0 aliphatic carbocycles. The molecule has 1 saturated heterocycles. The summed E-state index contributed by atoms with van der Waals surface area (Å²) in [5, 5.41) is 19.4. The fraction of sp³-hybridized carbons (Fsp3) is 0.412.